The van der Waals surface area contributed by atoms with Crippen LogP contribution in [0.5, 0.6) is 0 Å². The quantitative estimate of drug-likeness (QED) is 0.906. The Morgan fingerprint density at radius 2 is 2.00 bits per heavy atom. The molecule has 1 aliphatic heterocycles. The molecular formula is C15H25N3O2S. The highest BCUT2D eigenvalue weighted by atomic mass is 32.2. The molecule has 0 amide bonds. The zero-order chi connectivity index (χ0) is 15.5. The van der Waals surface area contributed by atoms with Gasteiger partial charge < -0.3 is 4.90 Å². The highest BCUT2D eigenvalue weighted by Gasteiger charge is 2.21. The molecule has 2 heterocycles. The Kier molecular flexibility index (Phi) is 5.22. The number of hydrogen-bond donors (Lipinski definition) is 1. The first kappa shape index (κ1) is 16.2. The molecule has 0 aliphatic carbocycles. The van der Waals surface area contributed by atoms with Gasteiger partial charge >= 0.3 is 0 Å². The van der Waals surface area contributed by atoms with E-state index in [1.807, 2.05) is 0 Å². The second-order valence-electron chi connectivity index (χ2n) is 6.12. The van der Waals surface area contributed by atoms with Crippen molar-refractivity contribution < 1.29 is 8.42 Å². The van der Waals surface area contributed by atoms with Gasteiger partial charge in [0.1, 0.15) is 10.7 Å². The lowest BCUT2D eigenvalue weighted by Crippen LogP contribution is -2.34. The summed E-state index contributed by atoms with van der Waals surface area (Å²) >= 11 is 0. The maximum atomic E-state index is 11.7. The van der Waals surface area contributed by atoms with E-state index < -0.39 is 10.0 Å². The number of nitrogens with one attached hydrogen (secondary N) is 1. The third kappa shape index (κ3) is 4.17. The zero-order valence-corrected chi connectivity index (χ0v) is 13.9. The van der Waals surface area contributed by atoms with Crippen molar-refractivity contribution in [2.45, 2.75) is 38.0 Å². The number of anilines is 1. The van der Waals surface area contributed by atoms with Crippen LogP contribution in [0, 0.1) is 11.8 Å². The molecule has 2 rings (SSSR count). The summed E-state index contributed by atoms with van der Waals surface area (Å²) in [6.07, 6.45) is 5.11. The Balaban J connectivity index is 1.98. The minimum atomic E-state index is -3.40. The van der Waals surface area contributed by atoms with E-state index in [4.69, 9.17) is 0 Å². The van der Waals surface area contributed by atoms with E-state index in [-0.39, 0.29) is 4.90 Å². The summed E-state index contributed by atoms with van der Waals surface area (Å²) < 4.78 is 25.6. The predicted molar refractivity (Wildman–Crippen MR) is 84.9 cm³/mol. The molecule has 0 saturated carbocycles. The van der Waals surface area contributed by atoms with E-state index in [0.29, 0.717) is 0 Å². The van der Waals surface area contributed by atoms with Crippen LogP contribution in [0.1, 0.15) is 33.1 Å². The molecule has 118 valence electrons. The summed E-state index contributed by atoms with van der Waals surface area (Å²) in [5, 5.41) is 0. The van der Waals surface area contributed by atoms with Crippen LogP contribution in [-0.4, -0.2) is 33.5 Å². The van der Waals surface area contributed by atoms with Gasteiger partial charge in [0.15, 0.2) is 0 Å². The van der Waals surface area contributed by atoms with Crippen molar-refractivity contribution in [3.8, 4) is 0 Å². The highest BCUT2D eigenvalue weighted by Crippen LogP contribution is 2.26. The SMILES string of the molecule is CNS(=O)(=O)c1ccc(N2CCC(CC(C)C)CC2)nc1. The molecule has 6 heteroatoms. The Hall–Kier alpha value is -1.14. The molecule has 0 spiro atoms. The average molecular weight is 311 g/mol. The van der Waals surface area contributed by atoms with E-state index in [1.54, 1.807) is 12.1 Å². The van der Waals surface area contributed by atoms with Crippen LogP contribution in [0.2, 0.25) is 0 Å². The van der Waals surface area contributed by atoms with E-state index in [1.165, 1.54) is 32.5 Å². The summed E-state index contributed by atoms with van der Waals surface area (Å²) in [4.78, 5) is 6.76. The minimum Gasteiger partial charge on any atom is -0.357 e. The molecule has 0 unspecified atom stereocenters. The summed E-state index contributed by atoms with van der Waals surface area (Å²) in [5.74, 6) is 2.43. The van der Waals surface area contributed by atoms with Gasteiger partial charge in [-0.05, 0) is 50.3 Å². The van der Waals surface area contributed by atoms with E-state index in [2.05, 4.69) is 28.5 Å². The number of pyridine rings is 1. The first-order valence-electron chi connectivity index (χ1n) is 7.57. The van der Waals surface area contributed by atoms with Crippen LogP contribution < -0.4 is 9.62 Å². The van der Waals surface area contributed by atoms with Gasteiger partial charge in [0.05, 0.1) is 0 Å². The maximum Gasteiger partial charge on any atom is 0.241 e. The third-order valence-electron chi connectivity index (χ3n) is 4.04. The number of piperidine rings is 1. The van der Waals surface area contributed by atoms with E-state index in [9.17, 15) is 8.42 Å². The Labute approximate surface area is 127 Å². The topological polar surface area (TPSA) is 62.3 Å². The van der Waals surface area contributed by atoms with Crippen LogP contribution in [0.3, 0.4) is 0 Å². The van der Waals surface area contributed by atoms with E-state index >= 15 is 0 Å². The van der Waals surface area contributed by atoms with Gasteiger partial charge in [0, 0.05) is 19.3 Å². The van der Waals surface area contributed by atoms with Gasteiger partial charge in [-0.2, -0.15) is 0 Å². The molecule has 0 aromatic carbocycles. The molecule has 0 atom stereocenters. The predicted octanol–water partition coefficient (Wildman–Crippen LogP) is 2.25. The van der Waals surface area contributed by atoms with Crippen molar-refractivity contribution in [3.63, 3.8) is 0 Å². The maximum absolute atomic E-state index is 11.7. The average Bonchev–Trinajstić information content (AvgIpc) is 2.47. The molecule has 21 heavy (non-hydrogen) atoms. The monoisotopic (exact) mass is 311 g/mol. The summed E-state index contributed by atoms with van der Waals surface area (Å²) in [7, 11) is -1.99. The molecule has 1 aromatic heterocycles. The second-order valence-corrected chi connectivity index (χ2v) is 8.01. The molecule has 1 aliphatic rings. The van der Waals surface area contributed by atoms with Gasteiger partial charge in [0.25, 0.3) is 0 Å². The first-order chi connectivity index (χ1) is 9.92. The van der Waals surface area contributed by atoms with Crippen LogP contribution >= 0.6 is 0 Å². The minimum absolute atomic E-state index is 0.212. The lowest BCUT2D eigenvalue weighted by Gasteiger charge is -2.33. The standard InChI is InChI=1S/C15H25N3O2S/c1-12(2)10-13-6-8-18(9-7-13)15-5-4-14(11-17-15)21(19,20)16-3/h4-5,11-13,16H,6-10H2,1-3H3. The Bertz CT molecular complexity index is 547. The molecule has 1 saturated heterocycles. The van der Waals surface area contributed by atoms with Crippen molar-refractivity contribution in [2.75, 3.05) is 25.0 Å². The normalized spacial score (nSPS) is 17.4. The molecule has 1 N–H and O–H groups in total. The molecule has 0 radical (unpaired) electrons. The third-order valence-corrected chi connectivity index (χ3v) is 5.44. The Morgan fingerprint density at radius 3 is 2.48 bits per heavy atom. The van der Waals surface area contributed by atoms with Crippen molar-refractivity contribution in [1.29, 1.82) is 0 Å². The smallest absolute Gasteiger partial charge is 0.241 e. The fraction of sp³-hybridized carbons (Fsp3) is 0.667. The van der Waals surface area contributed by atoms with Crippen LogP contribution in [0.25, 0.3) is 0 Å². The van der Waals surface area contributed by atoms with Gasteiger partial charge in [0.2, 0.25) is 10.0 Å². The molecular weight excluding hydrogens is 286 g/mol. The number of nitrogens with zero attached hydrogens (tertiary/aromatic N) is 2. The molecule has 1 aromatic rings. The number of sulfonamides is 1. The van der Waals surface area contributed by atoms with Crippen molar-refractivity contribution in [3.05, 3.63) is 18.3 Å². The van der Waals surface area contributed by atoms with Gasteiger partial charge in [-0.25, -0.2) is 18.1 Å². The van der Waals surface area contributed by atoms with Gasteiger partial charge in [-0.15, -0.1) is 0 Å². The van der Waals surface area contributed by atoms with Crippen molar-refractivity contribution in [2.24, 2.45) is 11.8 Å². The van der Waals surface area contributed by atoms with Crippen LogP contribution in [0.15, 0.2) is 23.2 Å². The van der Waals surface area contributed by atoms with E-state index in [0.717, 1.165) is 30.7 Å². The Morgan fingerprint density at radius 1 is 1.33 bits per heavy atom. The summed E-state index contributed by atoms with van der Waals surface area (Å²) in [6, 6.07) is 3.42. The fourth-order valence-corrected chi connectivity index (χ4v) is 3.58. The van der Waals surface area contributed by atoms with Gasteiger partial charge in [-0.1, -0.05) is 13.8 Å². The van der Waals surface area contributed by atoms with Crippen LogP contribution in [-0.2, 0) is 10.0 Å². The molecule has 5 nitrogen and oxygen atoms in total. The van der Waals surface area contributed by atoms with Crippen molar-refractivity contribution in [1.82, 2.24) is 9.71 Å². The molecule has 0 bridgehead atoms. The largest absolute Gasteiger partial charge is 0.357 e. The second kappa shape index (κ2) is 6.75. The van der Waals surface area contributed by atoms with Crippen LogP contribution in [0.4, 0.5) is 5.82 Å². The highest BCUT2D eigenvalue weighted by molar-refractivity contribution is 7.89. The van der Waals surface area contributed by atoms with Crippen molar-refractivity contribution >= 4 is 15.8 Å². The lowest BCUT2D eigenvalue weighted by atomic mass is 9.89. The first-order valence-corrected chi connectivity index (χ1v) is 9.05. The van der Waals surface area contributed by atoms with Gasteiger partial charge in [-0.3, -0.25) is 0 Å². The summed E-state index contributed by atoms with van der Waals surface area (Å²) in [5.41, 5.74) is 0. The number of rotatable bonds is 5. The summed E-state index contributed by atoms with van der Waals surface area (Å²) in [6.45, 7) is 6.55. The number of hydrogen-bond acceptors (Lipinski definition) is 4. The fourth-order valence-electron chi connectivity index (χ4n) is 2.90. The zero-order valence-electron chi connectivity index (χ0n) is 13.0. The molecule has 1 fully saturated rings. The number of aromatic nitrogens is 1. The lowest BCUT2D eigenvalue weighted by molar-refractivity contribution is 0.337.